The second-order valence-corrected chi connectivity index (χ2v) is 4.21. The van der Waals surface area contributed by atoms with Crippen LogP contribution in [0.4, 0.5) is 4.79 Å². The summed E-state index contributed by atoms with van der Waals surface area (Å²) in [4.78, 5) is 22.5. The molecule has 1 rings (SSSR count). The number of aliphatic carboxylic acids is 1. The van der Waals surface area contributed by atoms with Gasteiger partial charge in [-0.25, -0.2) is 9.59 Å². The van der Waals surface area contributed by atoms with Gasteiger partial charge in [-0.1, -0.05) is 49.4 Å². The van der Waals surface area contributed by atoms with Gasteiger partial charge in [0.15, 0.2) is 0 Å². The summed E-state index contributed by atoms with van der Waals surface area (Å²) >= 11 is 0. The molecule has 1 aromatic carbocycles. The average Bonchev–Trinajstić information content (AvgIpc) is 2.45. The van der Waals surface area contributed by atoms with E-state index in [0.717, 1.165) is 12.0 Å². The Balaban J connectivity index is 2.41. The molecule has 5 heteroatoms. The van der Waals surface area contributed by atoms with Crippen molar-refractivity contribution in [2.24, 2.45) is 0 Å². The van der Waals surface area contributed by atoms with E-state index in [4.69, 9.17) is 9.84 Å². The highest BCUT2D eigenvalue weighted by molar-refractivity contribution is 5.80. The molecule has 1 atom stereocenters. The molecule has 0 aliphatic rings. The number of carboxylic acids is 1. The van der Waals surface area contributed by atoms with Crippen LogP contribution in [0.15, 0.2) is 42.5 Å². The number of hydrogen-bond acceptors (Lipinski definition) is 3. The molecule has 0 aromatic heterocycles. The largest absolute Gasteiger partial charge is 0.480 e. The SMILES string of the molecule is CC/C=C\C[C@H](NC(=O)OCc1ccccc1)C(=O)O. The fraction of sp³-hybridized carbons (Fsp3) is 0.333. The van der Waals surface area contributed by atoms with E-state index in [-0.39, 0.29) is 13.0 Å². The molecule has 0 heterocycles. The summed E-state index contributed by atoms with van der Waals surface area (Å²) in [5.74, 6) is -1.08. The molecule has 1 aromatic rings. The molecule has 1 amide bonds. The summed E-state index contributed by atoms with van der Waals surface area (Å²) in [6.07, 6.45) is 3.92. The Bertz CT molecular complexity index is 456. The maximum atomic E-state index is 11.5. The third-order valence-electron chi connectivity index (χ3n) is 2.58. The van der Waals surface area contributed by atoms with Crippen molar-refractivity contribution in [2.75, 3.05) is 0 Å². The van der Waals surface area contributed by atoms with E-state index < -0.39 is 18.1 Å². The molecular formula is C15H19NO4. The molecule has 0 radical (unpaired) electrons. The first-order chi connectivity index (χ1) is 9.63. The molecule has 5 nitrogen and oxygen atoms in total. The van der Waals surface area contributed by atoms with Gasteiger partial charge < -0.3 is 15.2 Å². The van der Waals surface area contributed by atoms with Crippen LogP contribution in [-0.4, -0.2) is 23.2 Å². The molecule has 0 spiro atoms. The van der Waals surface area contributed by atoms with Gasteiger partial charge >= 0.3 is 12.1 Å². The van der Waals surface area contributed by atoms with Crippen LogP contribution in [-0.2, 0) is 16.1 Å². The minimum Gasteiger partial charge on any atom is -0.480 e. The van der Waals surface area contributed by atoms with Gasteiger partial charge in [-0.05, 0) is 18.4 Å². The number of carbonyl (C=O) groups is 2. The molecule has 20 heavy (non-hydrogen) atoms. The topological polar surface area (TPSA) is 75.6 Å². The van der Waals surface area contributed by atoms with Crippen molar-refractivity contribution in [3.8, 4) is 0 Å². The van der Waals surface area contributed by atoms with E-state index in [1.807, 2.05) is 43.3 Å². The number of benzene rings is 1. The van der Waals surface area contributed by atoms with Gasteiger partial charge in [-0.3, -0.25) is 0 Å². The number of ether oxygens (including phenoxy) is 1. The monoisotopic (exact) mass is 277 g/mol. The number of carbonyl (C=O) groups excluding carboxylic acids is 1. The van der Waals surface area contributed by atoms with E-state index in [0.29, 0.717) is 0 Å². The zero-order chi connectivity index (χ0) is 14.8. The third kappa shape index (κ3) is 6.04. The molecule has 2 N–H and O–H groups in total. The second kappa shape index (κ2) is 8.74. The third-order valence-corrected chi connectivity index (χ3v) is 2.58. The Morgan fingerprint density at radius 1 is 1.30 bits per heavy atom. The maximum Gasteiger partial charge on any atom is 0.408 e. The summed E-state index contributed by atoms with van der Waals surface area (Å²) in [7, 11) is 0. The van der Waals surface area contributed by atoms with Crippen molar-refractivity contribution in [1.29, 1.82) is 0 Å². The molecule has 0 aliphatic heterocycles. The first-order valence-corrected chi connectivity index (χ1v) is 6.48. The van der Waals surface area contributed by atoms with Gasteiger partial charge in [0.1, 0.15) is 12.6 Å². The smallest absolute Gasteiger partial charge is 0.408 e. The fourth-order valence-electron chi connectivity index (χ4n) is 1.53. The van der Waals surface area contributed by atoms with E-state index in [9.17, 15) is 9.59 Å². The number of rotatable bonds is 7. The fourth-order valence-corrected chi connectivity index (χ4v) is 1.53. The van der Waals surface area contributed by atoms with Crippen LogP contribution < -0.4 is 5.32 Å². The van der Waals surface area contributed by atoms with Crippen LogP contribution in [0, 0.1) is 0 Å². The Labute approximate surface area is 118 Å². The van der Waals surface area contributed by atoms with Crippen LogP contribution >= 0.6 is 0 Å². The van der Waals surface area contributed by atoms with Crippen molar-refractivity contribution in [3.05, 3.63) is 48.0 Å². The predicted molar refractivity (Wildman–Crippen MR) is 75.2 cm³/mol. The molecular weight excluding hydrogens is 258 g/mol. The quantitative estimate of drug-likeness (QED) is 0.751. The number of carboxylic acid groups (broad SMARTS) is 1. The highest BCUT2D eigenvalue weighted by atomic mass is 16.5. The Morgan fingerprint density at radius 3 is 2.60 bits per heavy atom. The van der Waals surface area contributed by atoms with Gasteiger partial charge in [0.25, 0.3) is 0 Å². The van der Waals surface area contributed by atoms with Gasteiger partial charge in [-0.2, -0.15) is 0 Å². The Hall–Kier alpha value is -2.30. The van der Waals surface area contributed by atoms with Crippen molar-refractivity contribution in [2.45, 2.75) is 32.4 Å². The molecule has 0 bridgehead atoms. The van der Waals surface area contributed by atoms with Crippen LogP contribution in [0.1, 0.15) is 25.3 Å². The Kier molecular flexibility index (Phi) is 6.89. The zero-order valence-corrected chi connectivity index (χ0v) is 11.4. The van der Waals surface area contributed by atoms with Crippen LogP contribution in [0.5, 0.6) is 0 Å². The van der Waals surface area contributed by atoms with Gasteiger partial charge in [0.2, 0.25) is 0 Å². The van der Waals surface area contributed by atoms with E-state index >= 15 is 0 Å². The lowest BCUT2D eigenvalue weighted by atomic mass is 10.2. The summed E-state index contributed by atoms with van der Waals surface area (Å²) in [5.41, 5.74) is 0.848. The van der Waals surface area contributed by atoms with Crippen molar-refractivity contribution in [3.63, 3.8) is 0 Å². The minimum absolute atomic E-state index is 0.115. The van der Waals surface area contributed by atoms with Crippen molar-refractivity contribution < 1.29 is 19.4 Å². The summed E-state index contributed by atoms with van der Waals surface area (Å²) < 4.78 is 4.98. The van der Waals surface area contributed by atoms with E-state index in [1.165, 1.54) is 0 Å². The number of amides is 1. The van der Waals surface area contributed by atoms with Gasteiger partial charge in [0, 0.05) is 0 Å². The van der Waals surface area contributed by atoms with Crippen molar-refractivity contribution >= 4 is 12.1 Å². The predicted octanol–water partition coefficient (Wildman–Crippen LogP) is 2.72. The van der Waals surface area contributed by atoms with E-state index in [2.05, 4.69) is 5.32 Å². The van der Waals surface area contributed by atoms with Crippen LogP contribution in [0.2, 0.25) is 0 Å². The van der Waals surface area contributed by atoms with Crippen molar-refractivity contribution in [1.82, 2.24) is 5.32 Å². The van der Waals surface area contributed by atoms with Crippen LogP contribution in [0.25, 0.3) is 0 Å². The van der Waals surface area contributed by atoms with Gasteiger partial charge in [-0.15, -0.1) is 0 Å². The molecule has 0 saturated heterocycles. The maximum absolute atomic E-state index is 11.5. The first kappa shape index (κ1) is 15.8. The molecule has 0 aliphatic carbocycles. The molecule has 0 unspecified atom stereocenters. The highest BCUT2D eigenvalue weighted by Crippen LogP contribution is 2.02. The Morgan fingerprint density at radius 2 is 2.00 bits per heavy atom. The zero-order valence-electron chi connectivity index (χ0n) is 11.4. The lowest BCUT2D eigenvalue weighted by molar-refractivity contribution is -0.139. The number of allylic oxidation sites excluding steroid dienone is 1. The normalized spacial score (nSPS) is 12.1. The lowest BCUT2D eigenvalue weighted by Crippen LogP contribution is -2.40. The summed E-state index contributed by atoms with van der Waals surface area (Å²) in [5, 5.41) is 11.3. The standard InChI is InChI=1S/C15H19NO4/c1-2-3-5-10-13(14(17)18)16-15(19)20-11-12-8-6-4-7-9-12/h3-9,13H,2,10-11H2,1H3,(H,16,19)(H,17,18)/b5-3-/t13-/m0/s1. The molecule has 108 valence electrons. The molecule has 0 fully saturated rings. The van der Waals surface area contributed by atoms with E-state index in [1.54, 1.807) is 6.08 Å². The summed E-state index contributed by atoms with van der Waals surface area (Å²) in [6, 6.07) is 8.22. The number of hydrogen-bond donors (Lipinski definition) is 2. The number of alkyl carbamates (subject to hydrolysis) is 1. The highest BCUT2D eigenvalue weighted by Gasteiger charge is 2.19. The minimum atomic E-state index is -1.08. The lowest BCUT2D eigenvalue weighted by Gasteiger charge is -2.12. The van der Waals surface area contributed by atoms with Crippen LogP contribution in [0.3, 0.4) is 0 Å². The van der Waals surface area contributed by atoms with Gasteiger partial charge in [0.05, 0.1) is 0 Å². The molecule has 0 saturated carbocycles. The number of nitrogens with one attached hydrogen (secondary N) is 1. The second-order valence-electron chi connectivity index (χ2n) is 4.21. The summed E-state index contributed by atoms with van der Waals surface area (Å²) in [6.45, 7) is 2.07. The average molecular weight is 277 g/mol. The first-order valence-electron chi connectivity index (χ1n) is 6.48.